The van der Waals surface area contributed by atoms with Crippen LogP contribution in [0.3, 0.4) is 0 Å². The number of likely N-dealkylation sites (N-methyl/N-ethyl adjacent to an activating group) is 5. The van der Waals surface area contributed by atoms with E-state index in [0.29, 0.717) is 54.2 Å². The molecule has 662 valence electrons. The van der Waals surface area contributed by atoms with Crippen molar-refractivity contribution in [3.8, 4) is 0 Å². The summed E-state index contributed by atoms with van der Waals surface area (Å²) in [4.78, 5) is 85.6. The van der Waals surface area contributed by atoms with Gasteiger partial charge in [0.25, 0.3) is 0 Å². The third-order valence-corrected chi connectivity index (χ3v) is 26.8. The summed E-state index contributed by atoms with van der Waals surface area (Å²) >= 11 is 4.07. The number of nitrogens with zero attached hydrogens (tertiary/aromatic N) is 14. The first-order chi connectivity index (χ1) is 54.0. The standard InChI is InChI=1S/C10H18N2O.C10H19N.C6H13NO.C6H13N.C6H10O.C5H10N2O.C5H11NO.C5H11NS.C5H11N.C5H10O2S.C4H8N2O.C4H7NO2.C4H7NO.C4H9NS.C4H9N/c1-11-7-4-9(5-8-11)12-6-2-3-10(12)13;1-11-8-6-10(7-9-11)4-2-3-5-10;1-7-3-2-5-8-6-4-7;1-7-5-3-2-4-6-7;1-5-3-2-4-6(5)7;1-7-3-2-6-5(8)4-7;2*1-6-2-4-7-5-3-6;1-6-4-2-3-5-6;1-5-2-3-8(6,7)4-5;1-6-3-2-5-4(6)7;1-5-2-3-7-4(5)6;1-4-5-2-3-6-4;1-5-2-3-6-4-5;1-5-3-2-4-5/h9H,2-8H2,1H3;2-9H2,1H3;2-6H2,1H3;2-6H2,1H3;5H,2-4H2,1H3;2-4H2,1H3,(H,6,8);2*2-5H2,1H3;2-5H2,1H3;5H,2-4H2,1H3;2-3H2,1H3,(H,5,7);2-3H2,1H3;2-3H2,1H3;2-4H2,1H3;2-4H2,1H3. The number of piperidine rings is 3. The van der Waals surface area contributed by atoms with E-state index in [4.69, 9.17) is 14.2 Å². The summed E-state index contributed by atoms with van der Waals surface area (Å²) < 4.78 is 41.1. The molecule has 113 heavy (non-hydrogen) atoms. The third kappa shape index (κ3) is 53.1. The van der Waals surface area contributed by atoms with Crippen LogP contribution in [0.15, 0.2) is 4.99 Å². The second-order valence-electron chi connectivity index (χ2n) is 33.8. The molecule has 2 unspecified atom stereocenters. The van der Waals surface area contributed by atoms with E-state index in [1.54, 1.807) is 23.9 Å². The zero-order valence-electron chi connectivity index (χ0n) is 74.2. The molecule has 2 N–H and O–H groups in total. The molecular formula is C83H166N16O11S3. The minimum atomic E-state index is -2.60. The van der Waals surface area contributed by atoms with Crippen molar-refractivity contribution < 1.29 is 51.3 Å². The minimum Gasteiger partial charge on any atom is -0.479 e. The molecule has 17 aliphatic rings. The molecular weight excluding hydrogens is 1490 g/mol. The number of carbonyl (C=O) groups excluding carboxylic acids is 5. The van der Waals surface area contributed by atoms with Crippen LogP contribution in [0.25, 0.3) is 0 Å². The molecule has 1 spiro atoms. The quantitative estimate of drug-likeness (QED) is 0.256. The summed E-state index contributed by atoms with van der Waals surface area (Å²) in [5, 5.41) is 5.39. The van der Waals surface area contributed by atoms with Gasteiger partial charge in [-0.15, -0.1) is 11.8 Å². The van der Waals surface area contributed by atoms with Gasteiger partial charge in [-0.3, -0.25) is 29.2 Å². The van der Waals surface area contributed by atoms with Gasteiger partial charge in [0.2, 0.25) is 11.8 Å². The summed E-state index contributed by atoms with van der Waals surface area (Å²) in [6, 6.07) is 0.589. The second-order valence-corrected chi connectivity index (χ2v) is 38.3. The normalized spacial score (nSPS) is 26.1. The van der Waals surface area contributed by atoms with Gasteiger partial charge in [0, 0.05) is 154 Å². The van der Waals surface area contributed by atoms with Crippen molar-refractivity contribution >= 4 is 69.0 Å². The zero-order valence-corrected chi connectivity index (χ0v) is 76.7. The highest BCUT2D eigenvalue weighted by molar-refractivity contribution is 7.99. The number of thioether (sulfide) groups is 2. The first-order valence-corrected chi connectivity index (χ1v) is 47.6. The van der Waals surface area contributed by atoms with Crippen LogP contribution in [0.4, 0.5) is 9.59 Å². The molecule has 17 rings (SSSR count). The van der Waals surface area contributed by atoms with Gasteiger partial charge in [-0.25, -0.2) is 18.0 Å². The first-order valence-electron chi connectivity index (χ1n) is 43.5. The van der Waals surface area contributed by atoms with Crippen LogP contribution in [0.2, 0.25) is 0 Å². The molecule has 2 aliphatic carbocycles. The second kappa shape index (κ2) is 62.9. The summed E-state index contributed by atoms with van der Waals surface area (Å²) in [6.45, 7) is 38.7. The van der Waals surface area contributed by atoms with Crippen LogP contribution in [-0.2, 0) is 43.2 Å². The molecule has 0 aromatic carbocycles. The monoisotopic (exact) mass is 1660 g/mol. The van der Waals surface area contributed by atoms with Crippen LogP contribution < -0.4 is 10.6 Å². The maximum Gasteiger partial charge on any atom is 0.409 e. The summed E-state index contributed by atoms with van der Waals surface area (Å²) in [5.41, 5.74) is 0.812. The van der Waals surface area contributed by atoms with Gasteiger partial charge in [0.15, 0.2) is 15.7 Å². The third-order valence-electron chi connectivity index (χ3n) is 22.9. The van der Waals surface area contributed by atoms with Gasteiger partial charge >= 0.3 is 12.1 Å². The average molecular weight is 1660 g/mol. The Labute approximate surface area is 697 Å². The molecule has 5 amide bonds. The van der Waals surface area contributed by atoms with Crippen molar-refractivity contribution in [3.05, 3.63) is 0 Å². The number of urea groups is 1. The number of rotatable bonds is 1. The molecule has 2 atom stereocenters. The van der Waals surface area contributed by atoms with Crippen LogP contribution in [-0.4, -0.2) is 436 Å². The number of cyclic esters (lactones) is 1. The number of ether oxygens (including phenoxy) is 4. The van der Waals surface area contributed by atoms with Gasteiger partial charge in [-0.2, -0.15) is 11.8 Å². The summed E-state index contributed by atoms with van der Waals surface area (Å²) in [5.74, 6) is 8.63. The number of nitrogens with one attached hydrogen (secondary N) is 2. The van der Waals surface area contributed by atoms with E-state index in [1.165, 1.54) is 198 Å². The highest BCUT2D eigenvalue weighted by Crippen LogP contribution is 2.45. The van der Waals surface area contributed by atoms with E-state index in [0.717, 1.165) is 161 Å². The van der Waals surface area contributed by atoms with Crippen LogP contribution in [0.1, 0.15) is 156 Å². The smallest absolute Gasteiger partial charge is 0.409 e. The van der Waals surface area contributed by atoms with E-state index in [-0.39, 0.29) is 18.0 Å². The van der Waals surface area contributed by atoms with E-state index in [2.05, 4.69) is 145 Å². The summed E-state index contributed by atoms with van der Waals surface area (Å²) in [7, 11) is 22.3. The maximum absolute atomic E-state index is 11.5. The number of hydrogen-bond donors (Lipinski definition) is 2. The molecule has 0 bridgehead atoms. The highest BCUT2D eigenvalue weighted by Gasteiger charge is 2.36. The first kappa shape index (κ1) is 104. The average Bonchev–Trinajstić information content (AvgIpc) is 1.68. The molecule has 16 fully saturated rings. The van der Waals surface area contributed by atoms with Crippen molar-refractivity contribution in [1.82, 2.24) is 74.3 Å². The Balaban J connectivity index is 0.000000315. The molecule has 15 aliphatic heterocycles. The SMILES string of the molecule is CC1=NCCO1.CC1CCCC1=O.CC1CCS(=O)(=O)C1.CN1CCC(N2CCCC2=O)CC1.CN1CCC1.CN1CCC2(CCCC2)CC1.CN1CCCC1.CN1CCCCC1.CN1CCCOCC1.CN1CCNC(=O)C1.CN1CCNC1=O.CN1CCOC1=O.CN1CCOCC1.CN1CCSC1.CN1CCSCC1. The fourth-order valence-electron chi connectivity index (χ4n) is 14.4. The number of carbonyl (C=O) groups is 5. The maximum atomic E-state index is 11.5. The molecule has 0 aromatic heterocycles. The number of ketones is 1. The van der Waals surface area contributed by atoms with E-state index in [1.807, 2.05) is 44.5 Å². The van der Waals surface area contributed by atoms with E-state index in [9.17, 15) is 32.4 Å². The molecule has 27 nitrogen and oxygen atoms in total. The summed E-state index contributed by atoms with van der Waals surface area (Å²) in [6.07, 6.45) is 26.7. The van der Waals surface area contributed by atoms with Crippen molar-refractivity contribution in [1.29, 1.82) is 0 Å². The molecule has 2 saturated carbocycles. The van der Waals surface area contributed by atoms with Gasteiger partial charge in [-0.05, 0) is 250 Å². The number of amides is 5. The Hall–Kier alpha value is -3.21. The number of likely N-dealkylation sites (tertiary alicyclic amines) is 6. The van der Waals surface area contributed by atoms with E-state index >= 15 is 0 Å². The van der Waals surface area contributed by atoms with Crippen molar-refractivity contribution in [3.63, 3.8) is 0 Å². The van der Waals surface area contributed by atoms with Crippen LogP contribution >= 0.6 is 23.5 Å². The number of morpholine rings is 1. The Morgan fingerprint density at radius 3 is 1.26 bits per heavy atom. The molecule has 30 heteroatoms. The molecule has 0 aromatic rings. The molecule has 14 saturated heterocycles. The Morgan fingerprint density at radius 1 is 0.434 bits per heavy atom. The van der Waals surface area contributed by atoms with Crippen molar-refractivity contribution in [2.75, 3.05) is 322 Å². The van der Waals surface area contributed by atoms with Gasteiger partial charge in [-0.1, -0.05) is 33.1 Å². The van der Waals surface area contributed by atoms with Gasteiger partial charge in [0.05, 0.1) is 51.0 Å². The highest BCUT2D eigenvalue weighted by atomic mass is 32.2. The Bertz CT molecular complexity index is 2480. The number of aliphatic imine (C=N–C) groups is 1. The lowest BCUT2D eigenvalue weighted by molar-refractivity contribution is -0.130. The number of hydrogen-bond acceptors (Lipinski definition) is 24. The van der Waals surface area contributed by atoms with E-state index < -0.39 is 9.84 Å². The predicted molar refractivity (Wildman–Crippen MR) is 470 cm³/mol. The largest absolute Gasteiger partial charge is 0.479 e. The van der Waals surface area contributed by atoms with Crippen LogP contribution in [0, 0.1) is 17.3 Å². The lowest BCUT2D eigenvalue weighted by atomic mass is 9.77. The topological polar surface area (TPSA) is 235 Å². The van der Waals surface area contributed by atoms with Gasteiger partial charge < -0.3 is 83.5 Å². The van der Waals surface area contributed by atoms with Crippen molar-refractivity contribution in [2.24, 2.45) is 22.2 Å². The fraction of sp³-hybridized carbons (Fsp3) is 0.928. The lowest BCUT2D eigenvalue weighted by Crippen LogP contribution is -2.45. The van der Waals surface area contributed by atoms with Crippen LogP contribution in [0.5, 0.6) is 0 Å². The predicted octanol–water partition coefficient (Wildman–Crippen LogP) is 7.70. The Kier molecular flexibility index (Phi) is 57.9. The number of Topliss-reactive ketones (excluding diaryl/α,β-unsaturated/α-hetero) is 1. The lowest BCUT2D eigenvalue weighted by Gasteiger charge is -2.37. The van der Waals surface area contributed by atoms with Gasteiger partial charge in [0.1, 0.15) is 19.0 Å². The zero-order chi connectivity index (χ0) is 83.1. The number of piperazine rings is 1. The molecule has 0 radical (unpaired) electrons. The molecule has 15 heterocycles. The fourth-order valence-corrected chi connectivity index (χ4v) is 18.4. The number of sulfone groups is 1. The minimum absolute atomic E-state index is 0.0417. The van der Waals surface area contributed by atoms with Crippen molar-refractivity contribution in [2.45, 2.75) is 162 Å². The Morgan fingerprint density at radius 2 is 0.956 bits per heavy atom.